The fourth-order valence-corrected chi connectivity index (χ4v) is 1.79. The number of amides is 1. The number of nitrogens with one attached hydrogen (secondary N) is 2. The zero-order valence-electron chi connectivity index (χ0n) is 10.1. The van der Waals surface area contributed by atoms with Crippen molar-refractivity contribution < 1.29 is 9.53 Å². The van der Waals surface area contributed by atoms with E-state index in [9.17, 15) is 4.79 Å². The van der Waals surface area contributed by atoms with Gasteiger partial charge >= 0.3 is 0 Å². The second-order valence-corrected chi connectivity index (χ2v) is 4.40. The minimum atomic E-state index is -0.138. The Morgan fingerprint density at radius 1 is 1.65 bits per heavy atom. The number of methoxy groups -OCH3 is 1. The lowest BCUT2D eigenvalue weighted by Gasteiger charge is -2.10. The first-order valence-corrected chi connectivity index (χ1v) is 5.94. The average Bonchev–Trinajstić information content (AvgIpc) is 2.74. The molecule has 1 aromatic heterocycles. The Hall–Kier alpha value is -0.690. The number of carbonyl (C=O) groups excluding carboxylic acids is 1. The van der Waals surface area contributed by atoms with Crippen LogP contribution in [-0.4, -0.2) is 37.6 Å². The quantitative estimate of drug-likeness (QED) is 0.817. The maximum absolute atomic E-state index is 11.6. The summed E-state index contributed by atoms with van der Waals surface area (Å²) in [6.45, 7) is 3.04. The van der Waals surface area contributed by atoms with E-state index >= 15 is 0 Å². The smallest absolute Gasteiger partial charge is 0.270 e. The first kappa shape index (κ1) is 16.3. The largest absolute Gasteiger partial charge is 0.378 e. The summed E-state index contributed by atoms with van der Waals surface area (Å²) in [6, 6.07) is 0.251. The fourth-order valence-electron chi connectivity index (χ4n) is 1.04. The predicted octanol–water partition coefficient (Wildman–Crippen LogP) is 1.05. The lowest BCUT2D eigenvalue weighted by Crippen LogP contribution is -2.37. The van der Waals surface area contributed by atoms with E-state index in [1.807, 2.05) is 14.0 Å². The van der Waals surface area contributed by atoms with Crippen molar-refractivity contribution >= 4 is 29.7 Å². The molecule has 98 valence electrons. The molecule has 1 amide bonds. The van der Waals surface area contributed by atoms with Crippen LogP contribution in [0.25, 0.3) is 0 Å². The van der Waals surface area contributed by atoms with Gasteiger partial charge < -0.3 is 15.4 Å². The number of halogens is 1. The molecule has 1 aromatic rings. The molecule has 0 aliphatic rings. The van der Waals surface area contributed by atoms with E-state index in [0.29, 0.717) is 18.8 Å². The number of rotatable bonds is 6. The van der Waals surface area contributed by atoms with E-state index in [-0.39, 0.29) is 24.4 Å². The number of likely N-dealkylation sites (N-methyl/N-ethyl adjacent to an activating group) is 1. The Morgan fingerprint density at radius 3 is 2.94 bits per heavy atom. The second kappa shape index (κ2) is 8.41. The molecule has 1 atom stereocenters. The van der Waals surface area contributed by atoms with E-state index in [2.05, 4.69) is 15.6 Å². The Morgan fingerprint density at radius 2 is 2.35 bits per heavy atom. The van der Waals surface area contributed by atoms with Crippen molar-refractivity contribution in [2.45, 2.75) is 19.6 Å². The monoisotopic (exact) mass is 279 g/mol. The highest BCUT2D eigenvalue weighted by molar-refractivity contribution is 7.09. The minimum Gasteiger partial charge on any atom is -0.378 e. The van der Waals surface area contributed by atoms with E-state index in [1.165, 1.54) is 11.3 Å². The van der Waals surface area contributed by atoms with Crippen LogP contribution in [0.1, 0.15) is 22.4 Å². The molecule has 1 rings (SSSR count). The third-order valence-electron chi connectivity index (χ3n) is 2.11. The van der Waals surface area contributed by atoms with Gasteiger partial charge in [0.2, 0.25) is 0 Å². The number of thiazole rings is 1. The summed E-state index contributed by atoms with van der Waals surface area (Å²) in [5, 5.41) is 8.41. The normalized spacial score (nSPS) is 11.7. The zero-order valence-corrected chi connectivity index (χ0v) is 11.8. The van der Waals surface area contributed by atoms with Gasteiger partial charge in [0.25, 0.3) is 5.91 Å². The molecule has 0 spiro atoms. The Bertz CT molecular complexity index is 346. The maximum atomic E-state index is 11.6. The van der Waals surface area contributed by atoms with Gasteiger partial charge in [0.1, 0.15) is 10.7 Å². The van der Waals surface area contributed by atoms with Crippen molar-refractivity contribution in [2.75, 3.05) is 20.7 Å². The standard InChI is InChI=1S/C10H17N3O2S.ClH/c1-7(11-2)4-12-10(14)8-6-16-9(13-8)5-15-3;/h6-7,11H,4-5H2,1-3H3,(H,12,14);1H. The third-order valence-corrected chi connectivity index (χ3v) is 2.94. The van der Waals surface area contributed by atoms with Crippen LogP contribution in [0, 0.1) is 0 Å². The van der Waals surface area contributed by atoms with Crippen molar-refractivity contribution in [3.05, 3.63) is 16.1 Å². The van der Waals surface area contributed by atoms with E-state index < -0.39 is 0 Å². The molecule has 2 N–H and O–H groups in total. The molecule has 7 heteroatoms. The minimum absolute atomic E-state index is 0. The van der Waals surface area contributed by atoms with Gasteiger partial charge in [-0.25, -0.2) is 4.98 Å². The molecular formula is C10H18ClN3O2S. The van der Waals surface area contributed by atoms with Crippen LogP contribution >= 0.6 is 23.7 Å². The van der Waals surface area contributed by atoms with Gasteiger partial charge in [-0.15, -0.1) is 23.7 Å². The van der Waals surface area contributed by atoms with E-state index in [1.54, 1.807) is 12.5 Å². The molecule has 1 unspecified atom stereocenters. The summed E-state index contributed by atoms with van der Waals surface area (Å²) < 4.78 is 4.94. The molecule has 0 aromatic carbocycles. The lowest BCUT2D eigenvalue weighted by molar-refractivity contribution is 0.0945. The van der Waals surface area contributed by atoms with Gasteiger partial charge in [-0.1, -0.05) is 0 Å². The average molecular weight is 280 g/mol. The first-order chi connectivity index (χ1) is 7.67. The van der Waals surface area contributed by atoms with Crippen LogP contribution in [0.15, 0.2) is 5.38 Å². The molecule has 0 saturated carbocycles. The van der Waals surface area contributed by atoms with Gasteiger partial charge in [0.05, 0.1) is 6.61 Å². The Kier molecular flexibility index (Phi) is 8.07. The van der Waals surface area contributed by atoms with Crippen LogP contribution in [0.3, 0.4) is 0 Å². The summed E-state index contributed by atoms with van der Waals surface area (Å²) >= 11 is 1.43. The third kappa shape index (κ3) is 5.45. The van der Waals surface area contributed by atoms with Crippen molar-refractivity contribution in [3.63, 3.8) is 0 Å². The number of ether oxygens (including phenoxy) is 1. The highest BCUT2D eigenvalue weighted by atomic mass is 35.5. The topological polar surface area (TPSA) is 63.2 Å². The molecule has 0 radical (unpaired) electrons. The SMILES string of the molecule is CNC(C)CNC(=O)c1csc(COC)n1.Cl. The molecule has 5 nitrogen and oxygen atoms in total. The molecule has 0 fully saturated rings. The number of carbonyl (C=O) groups is 1. The highest BCUT2D eigenvalue weighted by Gasteiger charge is 2.10. The van der Waals surface area contributed by atoms with E-state index in [0.717, 1.165) is 5.01 Å². The summed E-state index contributed by atoms with van der Waals surface area (Å²) in [5.74, 6) is -0.138. The molecule has 0 saturated heterocycles. The van der Waals surface area contributed by atoms with Crippen molar-refractivity contribution in [1.29, 1.82) is 0 Å². The zero-order chi connectivity index (χ0) is 12.0. The summed E-state index contributed by atoms with van der Waals surface area (Å²) in [6.07, 6.45) is 0. The second-order valence-electron chi connectivity index (χ2n) is 3.46. The lowest BCUT2D eigenvalue weighted by atomic mass is 10.3. The van der Waals surface area contributed by atoms with Crippen LogP contribution in [0.5, 0.6) is 0 Å². The number of nitrogens with zero attached hydrogens (tertiary/aromatic N) is 1. The Labute approximate surface area is 111 Å². The molecule has 0 bridgehead atoms. The molecule has 17 heavy (non-hydrogen) atoms. The summed E-state index contributed by atoms with van der Waals surface area (Å²) in [7, 11) is 3.46. The van der Waals surface area contributed by atoms with Gasteiger partial charge in [-0.05, 0) is 14.0 Å². The molecule has 0 aliphatic carbocycles. The van der Waals surface area contributed by atoms with Crippen LogP contribution in [0.2, 0.25) is 0 Å². The van der Waals surface area contributed by atoms with Crippen molar-refractivity contribution in [1.82, 2.24) is 15.6 Å². The van der Waals surface area contributed by atoms with Crippen LogP contribution in [0.4, 0.5) is 0 Å². The molecule has 0 aliphatic heterocycles. The summed E-state index contributed by atoms with van der Waals surface area (Å²) in [4.78, 5) is 15.8. The maximum Gasteiger partial charge on any atom is 0.270 e. The highest BCUT2D eigenvalue weighted by Crippen LogP contribution is 2.10. The van der Waals surface area contributed by atoms with Gasteiger partial charge in [-0.2, -0.15) is 0 Å². The number of hydrogen-bond acceptors (Lipinski definition) is 5. The fraction of sp³-hybridized carbons (Fsp3) is 0.600. The van der Waals surface area contributed by atoms with Crippen molar-refractivity contribution in [2.24, 2.45) is 0 Å². The number of hydrogen-bond donors (Lipinski definition) is 2. The van der Waals surface area contributed by atoms with Gasteiger partial charge in [0.15, 0.2) is 0 Å². The van der Waals surface area contributed by atoms with E-state index in [4.69, 9.17) is 4.74 Å². The first-order valence-electron chi connectivity index (χ1n) is 5.06. The van der Waals surface area contributed by atoms with Crippen LogP contribution in [-0.2, 0) is 11.3 Å². The van der Waals surface area contributed by atoms with Gasteiger partial charge in [0, 0.05) is 25.1 Å². The predicted molar refractivity (Wildman–Crippen MR) is 70.9 cm³/mol. The summed E-state index contributed by atoms with van der Waals surface area (Å²) in [5.41, 5.74) is 0.459. The van der Waals surface area contributed by atoms with Crippen LogP contribution < -0.4 is 10.6 Å². The number of aromatic nitrogens is 1. The van der Waals surface area contributed by atoms with Crippen molar-refractivity contribution in [3.8, 4) is 0 Å². The molecule has 1 heterocycles. The Balaban J connectivity index is 0.00000256. The molecular weight excluding hydrogens is 262 g/mol. The van der Waals surface area contributed by atoms with Gasteiger partial charge in [-0.3, -0.25) is 4.79 Å².